The van der Waals surface area contributed by atoms with E-state index in [0.717, 1.165) is 0 Å². The van der Waals surface area contributed by atoms with Crippen molar-refractivity contribution in [2.24, 2.45) is 11.7 Å². The summed E-state index contributed by atoms with van der Waals surface area (Å²) in [5.74, 6) is 0.341. The number of carbonyl (C=O) groups excluding carboxylic acids is 1. The maximum Gasteiger partial charge on any atom is 0.222 e. The first kappa shape index (κ1) is 14.4. The van der Waals surface area contributed by atoms with E-state index in [1.807, 2.05) is 13.8 Å². The van der Waals surface area contributed by atoms with Crippen LogP contribution in [0.5, 0.6) is 0 Å². The Labute approximate surface area is 92.6 Å². The Hall–Kier alpha value is -0.610. The smallest absolute Gasteiger partial charge is 0.222 e. The molecule has 0 rings (SSSR count). The largest absolute Gasteiger partial charge is 0.383 e. The van der Waals surface area contributed by atoms with Gasteiger partial charge in [0.15, 0.2) is 0 Å². The van der Waals surface area contributed by atoms with Crippen LogP contribution in [-0.2, 0) is 9.53 Å². The van der Waals surface area contributed by atoms with Crippen molar-refractivity contribution in [3.8, 4) is 0 Å². The van der Waals surface area contributed by atoms with Gasteiger partial charge in [-0.1, -0.05) is 13.8 Å². The number of nitrogens with one attached hydrogen (secondary N) is 1. The van der Waals surface area contributed by atoms with Crippen molar-refractivity contribution in [3.63, 3.8) is 0 Å². The molecule has 0 fully saturated rings. The van der Waals surface area contributed by atoms with Gasteiger partial charge in [0.25, 0.3) is 0 Å². The van der Waals surface area contributed by atoms with Gasteiger partial charge in [0.2, 0.25) is 5.91 Å². The van der Waals surface area contributed by atoms with Gasteiger partial charge in [-0.3, -0.25) is 4.79 Å². The summed E-state index contributed by atoms with van der Waals surface area (Å²) in [6.07, 6.45) is 0.333. The predicted octanol–water partition coefficient (Wildman–Crippen LogP) is 0.901. The molecule has 0 aromatic carbocycles. The van der Waals surface area contributed by atoms with Gasteiger partial charge < -0.3 is 15.8 Å². The average Bonchev–Trinajstić information content (AvgIpc) is 1.99. The van der Waals surface area contributed by atoms with Crippen LogP contribution in [0, 0.1) is 5.92 Å². The molecule has 1 atom stereocenters. The van der Waals surface area contributed by atoms with Gasteiger partial charge in [-0.2, -0.15) is 0 Å². The van der Waals surface area contributed by atoms with Gasteiger partial charge in [-0.25, -0.2) is 0 Å². The second-order valence-corrected chi connectivity index (χ2v) is 5.04. The topological polar surface area (TPSA) is 64.3 Å². The number of hydrogen-bond donors (Lipinski definition) is 2. The first-order valence-electron chi connectivity index (χ1n) is 5.33. The molecule has 1 unspecified atom stereocenters. The van der Waals surface area contributed by atoms with E-state index in [1.54, 1.807) is 7.11 Å². The molecule has 1 amide bonds. The number of rotatable bonds is 6. The summed E-state index contributed by atoms with van der Waals surface area (Å²) in [6, 6.07) is 0.0600. The van der Waals surface area contributed by atoms with Crippen LogP contribution in [0.4, 0.5) is 0 Å². The van der Waals surface area contributed by atoms with Crippen molar-refractivity contribution in [3.05, 3.63) is 0 Å². The minimum Gasteiger partial charge on any atom is -0.383 e. The van der Waals surface area contributed by atoms with E-state index in [4.69, 9.17) is 10.5 Å². The molecule has 0 heterocycles. The van der Waals surface area contributed by atoms with Crippen molar-refractivity contribution >= 4 is 5.91 Å². The molecule has 0 bridgehead atoms. The van der Waals surface area contributed by atoms with E-state index in [2.05, 4.69) is 19.2 Å². The minimum absolute atomic E-state index is 0.0155. The third-order valence-corrected chi connectivity index (χ3v) is 2.11. The summed E-state index contributed by atoms with van der Waals surface area (Å²) in [4.78, 5) is 11.6. The number of carbonyl (C=O) groups is 1. The maximum absolute atomic E-state index is 11.6. The minimum atomic E-state index is -0.460. The van der Waals surface area contributed by atoms with Crippen molar-refractivity contribution in [2.45, 2.75) is 45.7 Å². The van der Waals surface area contributed by atoms with Crippen LogP contribution < -0.4 is 11.1 Å². The molecule has 0 aliphatic rings. The van der Waals surface area contributed by atoms with Crippen LogP contribution in [-0.4, -0.2) is 31.2 Å². The molecule has 4 nitrogen and oxygen atoms in total. The number of ether oxygens (including phenoxy) is 1. The van der Waals surface area contributed by atoms with Crippen molar-refractivity contribution in [1.82, 2.24) is 5.32 Å². The molecular formula is C11H24N2O2. The van der Waals surface area contributed by atoms with E-state index in [9.17, 15) is 4.79 Å². The molecule has 0 saturated heterocycles. The quantitative estimate of drug-likeness (QED) is 0.693. The Balaban J connectivity index is 4.11. The van der Waals surface area contributed by atoms with E-state index in [0.29, 0.717) is 18.9 Å². The Morgan fingerprint density at radius 2 is 2.00 bits per heavy atom. The Bertz CT molecular complexity index is 197. The van der Waals surface area contributed by atoms with Gasteiger partial charge in [-0.15, -0.1) is 0 Å². The van der Waals surface area contributed by atoms with Crippen LogP contribution >= 0.6 is 0 Å². The zero-order valence-electron chi connectivity index (χ0n) is 10.5. The lowest BCUT2D eigenvalue weighted by Crippen LogP contribution is -2.46. The number of methoxy groups -OCH3 is 1. The zero-order valence-corrected chi connectivity index (χ0v) is 10.5. The van der Waals surface area contributed by atoms with Crippen molar-refractivity contribution in [1.29, 1.82) is 0 Å². The molecule has 4 heteroatoms. The monoisotopic (exact) mass is 216 g/mol. The molecule has 15 heavy (non-hydrogen) atoms. The highest BCUT2D eigenvalue weighted by atomic mass is 16.5. The molecule has 0 aliphatic heterocycles. The summed E-state index contributed by atoms with van der Waals surface area (Å²) in [5.41, 5.74) is 5.31. The fraction of sp³-hybridized carbons (Fsp3) is 0.909. The van der Waals surface area contributed by atoms with Crippen molar-refractivity contribution < 1.29 is 9.53 Å². The molecule has 0 saturated carbocycles. The van der Waals surface area contributed by atoms with Gasteiger partial charge in [0, 0.05) is 19.1 Å². The normalized spacial score (nSPS) is 14.1. The van der Waals surface area contributed by atoms with Crippen LogP contribution in [0.1, 0.15) is 34.1 Å². The third kappa shape index (κ3) is 7.33. The number of hydrogen-bond acceptors (Lipinski definition) is 3. The SMILES string of the molecule is COCC(NC(=O)CC(C)(C)N)C(C)C. The van der Waals surface area contributed by atoms with Crippen LogP contribution in [0.2, 0.25) is 0 Å². The van der Waals surface area contributed by atoms with Gasteiger partial charge in [-0.05, 0) is 19.8 Å². The Morgan fingerprint density at radius 1 is 1.47 bits per heavy atom. The second-order valence-electron chi connectivity index (χ2n) is 5.04. The number of nitrogens with two attached hydrogens (primary N) is 1. The highest BCUT2D eigenvalue weighted by Gasteiger charge is 2.20. The molecular weight excluding hydrogens is 192 g/mol. The lowest BCUT2D eigenvalue weighted by molar-refractivity contribution is -0.123. The predicted molar refractivity (Wildman–Crippen MR) is 61.5 cm³/mol. The highest BCUT2D eigenvalue weighted by Crippen LogP contribution is 2.06. The van der Waals surface area contributed by atoms with E-state index in [-0.39, 0.29) is 11.9 Å². The number of amides is 1. The van der Waals surface area contributed by atoms with Crippen LogP contribution in [0.25, 0.3) is 0 Å². The first-order chi connectivity index (χ1) is 6.76. The van der Waals surface area contributed by atoms with Crippen LogP contribution in [0.15, 0.2) is 0 Å². The standard InChI is InChI=1S/C11H24N2O2/c1-8(2)9(7-15-5)13-10(14)6-11(3,4)12/h8-9H,6-7,12H2,1-5H3,(H,13,14). The lowest BCUT2D eigenvalue weighted by Gasteiger charge is -2.24. The molecule has 0 aromatic rings. The third-order valence-electron chi connectivity index (χ3n) is 2.11. The lowest BCUT2D eigenvalue weighted by atomic mass is 10.0. The zero-order chi connectivity index (χ0) is 12.1. The van der Waals surface area contributed by atoms with Gasteiger partial charge >= 0.3 is 0 Å². The molecule has 0 radical (unpaired) electrons. The molecule has 0 aliphatic carbocycles. The fourth-order valence-electron chi connectivity index (χ4n) is 1.25. The average molecular weight is 216 g/mol. The molecule has 90 valence electrons. The van der Waals surface area contributed by atoms with E-state index >= 15 is 0 Å². The van der Waals surface area contributed by atoms with E-state index in [1.165, 1.54) is 0 Å². The Morgan fingerprint density at radius 3 is 2.33 bits per heavy atom. The molecule has 0 aromatic heterocycles. The fourth-order valence-corrected chi connectivity index (χ4v) is 1.25. The summed E-state index contributed by atoms with van der Waals surface area (Å²) in [5, 5.41) is 2.93. The Kier molecular flexibility index (Phi) is 5.83. The molecule has 0 spiro atoms. The van der Waals surface area contributed by atoms with E-state index < -0.39 is 5.54 Å². The first-order valence-corrected chi connectivity index (χ1v) is 5.33. The maximum atomic E-state index is 11.6. The highest BCUT2D eigenvalue weighted by molar-refractivity contribution is 5.77. The molecule has 3 N–H and O–H groups in total. The summed E-state index contributed by atoms with van der Waals surface area (Å²) in [6.45, 7) is 8.32. The van der Waals surface area contributed by atoms with Crippen molar-refractivity contribution in [2.75, 3.05) is 13.7 Å². The van der Waals surface area contributed by atoms with Crippen LogP contribution in [0.3, 0.4) is 0 Å². The van der Waals surface area contributed by atoms with Gasteiger partial charge in [0.05, 0.1) is 12.6 Å². The summed E-state index contributed by atoms with van der Waals surface area (Å²) in [7, 11) is 1.63. The van der Waals surface area contributed by atoms with Gasteiger partial charge in [0.1, 0.15) is 0 Å². The summed E-state index contributed by atoms with van der Waals surface area (Å²) < 4.78 is 5.05. The second kappa shape index (κ2) is 6.08. The summed E-state index contributed by atoms with van der Waals surface area (Å²) >= 11 is 0.